The van der Waals surface area contributed by atoms with E-state index in [1.807, 2.05) is 24.3 Å². The molecule has 0 radical (unpaired) electrons. The summed E-state index contributed by atoms with van der Waals surface area (Å²) in [6.07, 6.45) is 8.01. The highest BCUT2D eigenvalue weighted by atomic mass is 32.2. The average Bonchev–Trinajstić information content (AvgIpc) is 3.16. The Morgan fingerprint density at radius 3 is 2.57 bits per heavy atom. The SMILES string of the molecule is COc1ccccc1NC(=O)CSc1n[nH]c(C23CC4CC(CC(C4)C2)C3)n1. The number of nitrogens with one attached hydrogen (secondary N) is 2. The number of H-pyrrole nitrogens is 1. The maximum absolute atomic E-state index is 12.3. The minimum atomic E-state index is -0.0874. The molecule has 1 aromatic carbocycles. The molecule has 1 aromatic heterocycles. The second-order valence-corrected chi connectivity index (χ2v) is 9.64. The molecule has 0 saturated heterocycles. The zero-order chi connectivity index (χ0) is 19.1. The topological polar surface area (TPSA) is 79.9 Å². The number of hydrogen-bond donors (Lipinski definition) is 2. The summed E-state index contributed by atoms with van der Waals surface area (Å²) in [7, 11) is 1.60. The summed E-state index contributed by atoms with van der Waals surface area (Å²) in [5.41, 5.74) is 0.889. The summed E-state index contributed by atoms with van der Waals surface area (Å²) in [5.74, 6) is 4.52. The van der Waals surface area contributed by atoms with Gasteiger partial charge < -0.3 is 10.1 Å². The lowest BCUT2D eigenvalue weighted by Gasteiger charge is -2.55. The van der Waals surface area contributed by atoms with Crippen molar-refractivity contribution in [2.24, 2.45) is 17.8 Å². The molecule has 1 amide bonds. The van der Waals surface area contributed by atoms with Crippen LogP contribution in [0.15, 0.2) is 29.4 Å². The summed E-state index contributed by atoms with van der Waals surface area (Å²) in [5, 5.41) is 11.2. The molecule has 0 unspecified atom stereocenters. The summed E-state index contributed by atoms with van der Waals surface area (Å²) in [6, 6.07) is 7.41. The Morgan fingerprint density at radius 1 is 1.21 bits per heavy atom. The number of benzene rings is 1. The van der Waals surface area contributed by atoms with Crippen molar-refractivity contribution in [3.63, 3.8) is 0 Å². The largest absolute Gasteiger partial charge is 0.495 e. The van der Waals surface area contributed by atoms with Crippen LogP contribution in [0, 0.1) is 17.8 Å². The molecule has 2 aromatic rings. The fourth-order valence-corrected chi connectivity index (χ4v) is 6.61. The molecule has 4 fully saturated rings. The Morgan fingerprint density at radius 2 is 1.89 bits per heavy atom. The molecule has 28 heavy (non-hydrogen) atoms. The second kappa shape index (κ2) is 7.10. The molecule has 7 heteroatoms. The van der Waals surface area contributed by atoms with Crippen molar-refractivity contribution in [2.75, 3.05) is 18.2 Å². The van der Waals surface area contributed by atoms with Crippen molar-refractivity contribution in [1.82, 2.24) is 15.2 Å². The molecule has 6 nitrogen and oxygen atoms in total. The molecule has 0 aliphatic heterocycles. The van der Waals surface area contributed by atoms with Gasteiger partial charge in [-0.1, -0.05) is 23.9 Å². The predicted octanol–water partition coefficient (Wildman–Crippen LogP) is 4.01. The Bertz CT molecular complexity index is 846. The number of methoxy groups -OCH3 is 1. The van der Waals surface area contributed by atoms with Gasteiger partial charge in [0.1, 0.15) is 11.6 Å². The molecule has 4 aliphatic carbocycles. The van der Waals surface area contributed by atoms with Crippen LogP contribution in [0.4, 0.5) is 5.69 Å². The quantitative estimate of drug-likeness (QED) is 0.719. The van der Waals surface area contributed by atoms with E-state index in [1.54, 1.807) is 7.11 Å². The fourth-order valence-electron chi connectivity index (χ4n) is 6.01. The standard InChI is InChI=1S/C21H26N4O2S/c1-27-17-5-3-2-4-16(17)22-18(26)12-28-20-23-19(24-25-20)21-9-13-6-14(10-21)8-15(7-13)11-21/h2-5,13-15H,6-12H2,1H3,(H,22,26)(H,23,24,25). The lowest BCUT2D eigenvalue weighted by Crippen LogP contribution is -2.49. The number of rotatable bonds is 6. The maximum Gasteiger partial charge on any atom is 0.234 e. The third kappa shape index (κ3) is 3.30. The van der Waals surface area contributed by atoms with Crippen molar-refractivity contribution in [1.29, 1.82) is 0 Å². The van der Waals surface area contributed by atoms with E-state index in [4.69, 9.17) is 9.72 Å². The highest BCUT2D eigenvalue weighted by Crippen LogP contribution is 2.60. The van der Waals surface area contributed by atoms with E-state index in [1.165, 1.54) is 50.3 Å². The molecular weight excluding hydrogens is 372 g/mol. The van der Waals surface area contributed by atoms with Gasteiger partial charge in [-0.25, -0.2) is 4.98 Å². The van der Waals surface area contributed by atoms with Gasteiger partial charge in [-0.3, -0.25) is 9.89 Å². The van der Waals surface area contributed by atoms with Crippen molar-refractivity contribution >= 4 is 23.4 Å². The number of aromatic amines is 1. The Hall–Kier alpha value is -2.02. The number of nitrogens with zero attached hydrogens (tertiary/aromatic N) is 2. The van der Waals surface area contributed by atoms with E-state index in [-0.39, 0.29) is 17.1 Å². The minimum Gasteiger partial charge on any atom is -0.495 e. The van der Waals surface area contributed by atoms with Crippen LogP contribution in [0.25, 0.3) is 0 Å². The molecule has 4 saturated carbocycles. The van der Waals surface area contributed by atoms with Gasteiger partial charge in [0.2, 0.25) is 11.1 Å². The number of ether oxygens (including phenoxy) is 1. The first kappa shape index (κ1) is 18.0. The zero-order valence-electron chi connectivity index (χ0n) is 16.1. The Balaban J connectivity index is 1.22. The lowest BCUT2D eigenvalue weighted by atomic mass is 9.49. The van der Waals surface area contributed by atoms with Gasteiger partial charge in [-0.2, -0.15) is 0 Å². The molecule has 0 atom stereocenters. The normalized spacial score (nSPS) is 30.4. The molecule has 4 bridgehead atoms. The third-order valence-electron chi connectivity index (χ3n) is 6.72. The summed E-state index contributed by atoms with van der Waals surface area (Å²) < 4.78 is 5.28. The van der Waals surface area contributed by atoms with Crippen molar-refractivity contribution in [3.05, 3.63) is 30.1 Å². The number of carbonyl (C=O) groups excluding carboxylic acids is 1. The first-order valence-corrected chi connectivity index (χ1v) is 11.1. The number of thioether (sulfide) groups is 1. The third-order valence-corrected chi connectivity index (χ3v) is 7.57. The van der Waals surface area contributed by atoms with Crippen molar-refractivity contribution in [2.45, 2.75) is 49.1 Å². The highest BCUT2D eigenvalue weighted by molar-refractivity contribution is 7.99. The van der Waals surface area contributed by atoms with Crippen LogP contribution in [0.1, 0.15) is 44.3 Å². The second-order valence-electron chi connectivity index (χ2n) is 8.70. The minimum absolute atomic E-state index is 0.0874. The molecule has 0 spiro atoms. The molecule has 1 heterocycles. The van der Waals surface area contributed by atoms with Gasteiger partial charge in [0.05, 0.1) is 18.6 Å². The van der Waals surface area contributed by atoms with E-state index in [0.717, 1.165) is 23.6 Å². The van der Waals surface area contributed by atoms with E-state index < -0.39 is 0 Å². The van der Waals surface area contributed by atoms with Crippen LogP contribution in [-0.4, -0.2) is 34.0 Å². The number of hydrogen-bond acceptors (Lipinski definition) is 5. The van der Waals surface area contributed by atoms with Gasteiger partial charge in [-0.05, 0) is 68.4 Å². The first-order chi connectivity index (χ1) is 13.6. The number of anilines is 1. The molecule has 4 aliphatic rings. The van der Waals surface area contributed by atoms with E-state index >= 15 is 0 Å². The molecule has 6 rings (SSSR count). The number of aromatic nitrogens is 3. The summed E-state index contributed by atoms with van der Waals surface area (Å²) >= 11 is 1.38. The van der Waals surface area contributed by atoms with E-state index in [2.05, 4.69) is 15.5 Å². The molecular formula is C21H26N4O2S. The maximum atomic E-state index is 12.3. The molecule has 148 valence electrons. The molecule has 2 N–H and O–H groups in total. The van der Waals surface area contributed by atoms with Crippen LogP contribution in [-0.2, 0) is 10.2 Å². The average molecular weight is 399 g/mol. The number of amides is 1. The van der Waals surface area contributed by atoms with Crippen molar-refractivity contribution in [3.8, 4) is 5.75 Å². The smallest absolute Gasteiger partial charge is 0.234 e. The van der Waals surface area contributed by atoms with Gasteiger partial charge in [0.25, 0.3) is 0 Å². The Kier molecular flexibility index (Phi) is 4.57. The van der Waals surface area contributed by atoms with Gasteiger partial charge in [-0.15, -0.1) is 5.10 Å². The van der Waals surface area contributed by atoms with Gasteiger partial charge in [0, 0.05) is 5.41 Å². The van der Waals surface area contributed by atoms with Crippen LogP contribution < -0.4 is 10.1 Å². The summed E-state index contributed by atoms with van der Waals surface area (Å²) in [4.78, 5) is 17.1. The zero-order valence-corrected chi connectivity index (χ0v) is 16.9. The monoisotopic (exact) mass is 398 g/mol. The van der Waals surface area contributed by atoms with E-state index in [0.29, 0.717) is 16.6 Å². The van der Waals surface area contributed by atoms with Gasteiger partial charge in [0.15, 0.2) is 0 Å². The summed E-state index contributed by atoms with van der Waals surface area (Å²) in [6.45, 7) is 0. The highest BCUT2D eigenvalue weighted by Gasteiger charge is 2.53. The van der Waals surface area contributed by atoms with Crippen LogP contribution >= 0.6 is 11.8 Å². The van der Waals surface area contributed by atoms with E-state index in [9.17, 15) is 4.79 Å². The lowest BCUT2D eigenvalue weighted by molar-refractivity contribution is -0.113. The number of para-hydroxylation sites is 2. The fraction of sp³-hybridized carbons (Fsp3) is 0.571. The van der Waals surface area contributed by atoms with Crippen LogP contribution in [0.2, 0.25) is 0 Å². The van der Waals surface area contributed by atoms with Gasteiger partial charge >= 0.3 is 0 Å². The number of carbonyl (C=O) groups is 1. The first-order valence-electron chi connectivity index (χ1n) is 10.1. The van der Waals surface area contributed by atoms with Crippen LogP contribution in [0.5, 0.6) is 5.75 Å². The predicted molar refractivity (Wildman–Crippen MR) is 109 cm³/mol. The Labute approximate surface area is 169 Å². The van der Waals surface area contributed by atoms with Crippen LogP contribution in [0.3, 0.4) is 0 Å². The van der Waals surface area contributed by atoms with Crippen molar-refractivity contribution < 1.29 is 9.53 Å².